The van der Waals surface area contributed by atoms with Crippen molar-refractivity contribution < 1.29 is 14.3 Å². The molecule has 0 spiro atoms. The van der Waals surface area contributed by atoms with Gasteiger partial charge in [-0.25, -0.2) is 4.39 Å². The van der Waals surface area contributed by atoms with E-state index in [1.165, 1.54) is 6.07 Å². The third-order valence-corrected chi connectivity index (χ3v) is 2.64. The molecule has 94 valence electrons. The Morgan fingerprint density at radius 1 is 1.41 bits per heavy atom. The van der Waals surface area contributed by atoms with Gasteiger partial charge in [0.1, 0.15) is 5.82 Å². The molecule has 0 saturated heterocycles. The zero-order chi connectivity index (χ0) is 13.1. The summed E-state index contributed by atoms with van der Waals surface area (Å²) < 4.78 is 13.4. The lowest BCUT2D eigenvalue weighted by Crippen LogP contribution is -2.37. The van der Waals surface area contributed by atoms with E-state index in [4.69, 9.17) is 5.11 Å². The van der Waals surface area contributed by atoms with E-state index in [2.05, 4.69) is 0 Å². The number of aliphatic carboxylic acids is 1. The molecule has 1 rings (SSSR count). The predicted octanol–water partition coefficient (Wildman–Crippen LogP) is 2.37. The fraction of sp³-hybridized carbons (Fsp3) is 0.462. The van der Waals surface area contributed by atoms with E-state index in [1.54, 1.807) is 39.1 Å². The molecule has 0 aliphatic carbocycles. The molecule has 0 amide bonds. The molecule has 1 aromatic carbocycles. The second-order valence-electron chi connectivity index (χ2n) is 4.95. The Bertz CT molecular complexity index is 404. The smallest absolute Gasteiger partial charge is 0.310 e. The monoisotopic (exact) mass is 239 g/mol. The Morgan fingerprint density at radius 3 is 2.53 bits per heavy atom. The van der Waals surface area contributed by atoms with Crippen LogP contribution in [-0.4, -0.2) is 29.6 Å². The highest BCUT2D eigenvalue weighted by Crippen LogP contribution is 2.18. The number of rotatable bonds is 5. The van der Waals surface area contributed by atoms with Crippen LogP contribution in [0.3, 0.4) is 0 Å². The van der Waals surface area contributed by atoms with Crippen LogP contribution in [0.5, 0.6) is 0 Å². The minimum atomic E-state index is -0.849. The van der Waals surface area contributed by atoms with E-state index in [9.17, 15) is 9.18 Å². The normalized spacial score (nSPS) is 11.8. The molecule has 0 bridgehead atoms. The number of carbonyl (C=O) groups is 1. The second-order valence-corrected chi connectivity index (χ2v) is 4.95. The maximum atomic E-state index is 13.4. The third-order valence-electron chi connectivity index (χ3n) is 2.64. The van der Waals surface area contributed by atoms with Gasteiger partial charge in [0.05, 0.1) is 5.41 Å². The van der Waals surface area contributed by atoms with Crippen molar-refractivity contribution in [2.75, 3.05) is 13.6 Å². The lowest BCUT2D eigenvalue weighted by atomic mass is 9.93. The van der Waals surface area contributed by atoms with Crippen LogP contribution in [0.4, 0.5) is 4.39 Å². The third kappa shape index (κ3) is 3.82. The summed E-state index contributed by atoms with van der Waals surface area (Å²) in [5.41, 5.74) is -0.254. The second kappa shape index (κ2) is 5.27. The van der Waals surface area contributed by atoms with Gasteiger partial charge in [-0.3, -0.25) is 4.79 Å². The maximum absolute atomic E-state index is 13.4. The SMILES string of the molecule is CN(Cc1ccccc1F)CC(C)(C)C(=O)O. The summed E-state index contributed by atoms with van der Waals surface area (Å²) in [6, 6.07) is 6.53. The Hall–Kier alpha value is -1.42. The molecular formula is C13H18FNO2. The van der Waals surface area contributed by atoms with Crippen molar-refractivity contribution >= 4 is 5.97 Å². The molecule has 1 N–H and O–H groups in total. The molecule has 17 heavy (non-hydrogen) atoms. The van der Waals surface area contributed by atoms with Crippen molar-refractivity contribution in [1.82, 2.24) is 4.90 Å². The van der Waals surface area contributed by atoms with E-state index in [1.807, 2.05) is 4.90 Å². The van der Waals surface area contributed by atoms with Crippen molar-refractivity contribution in [3.8, 4) is 0 Å². The summed E-state index contributed by atoms with van der Waals surface area (Å²) in [6.07, 6.45) is 0. The molecular weight excluding hydrogens is 221 g/mol. The maximum Gasteiger partial charge on any atom is 0.310 e. The lowest BCUT2D eigenvalue weighted by Gasteiger charge is -2.26. The van der Waals surface area contributed by atoms with E-state index in [-0.39, 0.29) is 5.82 Å². The number of hydrogen-bond donors (Lipinski definition) is 1. The minimum absolute atomic E-state index is 0.257. The van der Waals surface area contributed by atoms with Crippen molar-refractivity contribution in [2.45, 2.75) is 20.4 Å². The van der Waals surface area contributed by atoms with Gasteiger partial charge in [0.25, 0.3) is 0 Å². The van der Waals surface area contributed by atoms with E-state index in [0.717, 1.165) is 0 Å². The first kappa shape index (κ1) is 13.6. The van der Waals surface area contributed by atoms with Gasteiger partial charge >= 0.3 is 5.97 Å². The number of nitrogens with zero attached hydrogens (tertiary/aromatic N) is 1. The highest BCUT2D eigenvalue weighted by atomic mass is 19.1. The molecule has 0 radical (unpaired) electrons. The van der Waals surface area contributed by atoms with E-state index < -0.39 is 11.4 Å². The molecule has 3 nitrogen and oxygen atoms in total. The zero-order valence-corrected chi connectivity index (χ0v) is 10.4. The molecule has 0 aliphatic rings. The fourth-order valence-corrected chi connectivity index (χ4v) is 1.72. The van der Waals surface area contributed by atoms with Crippen LogP contribution in [0, 0.1) is 11.2 Å². The van der Waals surface area contributed by atoms with Gasteiger partial charge in [0.2, 0.25) is 0 Å². The molecule has 0 atom stereocenters. The Balaban J connectivity index is 2.65. The van der Waals surface area contributed by atoms with Gasteiger partial charge in [-0.2, -0.15) is 0 Å². The van der Waals surface area contributed by atoms with Crippen LogP contribution < -0.4 is 0 Å². The molecule has 0 unspecified atom stereocenters. The molecule has 0 heterocycles. The van der Waals surface area contributed by atoms with Crippen molar-refractivity contribution in [2.24, 2.45) is 5.41 Å². The van der Waals surface area contributed by atoms with Crippen LogP contribution in [-0.2, 0) is 11.3 Å². The summed E-state index contributed by atoms with van der Waals surface area (Å²) in [4.78, 5) is 12.8. The quantitative estimate of drug-likeness (QED) is 0.857. The standard InChI is InChI=1S/C13H18FNO2/c1-13(2,12(16)17)9-15(3)8-10-6-4-5-7-11(10)14/h4-7H,8-9H2,1-3H3,(H,16,17). The van der Waals surface area contributed by atoms with Crippen LogP contribution in [0.2, 0.25) is 0 Å². The highest BCUT2D eigenvalue weighted by Gasteiger charge is 2.28. The number of halogens is 1. The number of carboxylic acid groups (broad SMARTS) is 1. The van der Waals surface area contributed by atoms with Gasteiger partial charge in [0.15, 0.2) is 0 Å². The average molecular weight is 239 g/mol. The number of carboxylic acids is 1. The van der Waals surface area contributed by atoms with E-state index >= 15 is 0 Å². The molecule has 0 fully saturated rings. The Morgan fingerprint density at radius 2 is 2.00 bits per heavy atom. The van der Waals surface area contributed by atoms with E-state index in [0.29, 0.717) is 18.7 Å². The van der Waals surface area contributed by atoms with Gasteiger partial charge < -0.3 is 10.0 Å². The first-order valence-electron chi connectivity index (χ1n) is 5.48. The first-order valence-corrected chi connectivity index (χ1v) is 5.48. The van der Waals surface area contributed by atoms with Crippen molar-refractivity contribution in [1.29, 1.82) is 0 Å². The van der Waals surface area contributed by atoms with Gasteiger partial charge in [-0.05, 0) is 27.0 Å². The van der Waals surface area contributed by atoms with Gasteiger partial charge in [0, 0.05) is 18.7 Å². The number of benzene rings is 1. The van der Waals surface area contributed by atoms with Crippen LogP contribution >= 0.6 is 0 Å². The predicted molar refractivity (Wildman–Crippen MR) is 64.2 cm³/mol. The minimum Gasteiger partial charge on any atom is -0.481 e. The molecule has 0 saturated carbocycles. The first-order chi connectivity index (χ1) is 7.83. The Labute approximate surface area is 101 Å². The summed E-state index contributed by atoms with van der Waals surface area (Å²) >= 11 is 0. The van der Waals surface area contributed by atoms with Gasteiger partial charge in [-0.1, -0.05) is 18.2 Å². The average Bonchev–Trinajstić information content (AvgIpc) is 2.20. The van der Waals surface area contributed by atoms with Crippen LogP contribution in [0.15, 0.2) is 24.3 Å². The van der Waals surface area contributed by atoms with Crippen LogP contribution in [0.25, 0.3) is 0 Å². The van der Waals surface area contributed by atoms with Crippen molar-refractivity contribution in [3.05, 3.63) is 35.6 Å². The number of hydrogen-bond acceptors (Lipinski definition) is 2. The fourth-order valence-electron chi connectivity index (χ4n) is 1.72. The molecule has 4 heteroatoms. The summed E-state index contributed by atoms with van der Waals surface area (Å²) in [7, 11) is 1.79. The topological polar surface area (TPSA) is 40.5 Å². The Kier molecular flexibility index (Phi) is 4.23. The summed E-state index contributed by atoms with van der Waals surface area (Å²) in [6.45, 7) is 4.10. The van der Waals surface area contributed by atoms with Gasteiger partial charge in [-0.15, -0.1) is 0 Å². The molecule has 0 aromatic heterocycles. The summed E-state index contributed by atoms with van der Waals surface area (Å²) in [5.74, 6) is -1.11. The lowest BCUT2D eigenvalue weighted by molar-refractivity contribution is -0.147. The summed E-state index contributed by atoms with van der Waals surface area (Å²) in [5, 5.41) is 9.01. The molecule has 0 aliphatic heterocycles. The largest absolute Gasteiger partial charge is 0.481 e. The van der Waals surface area contributed by atoms with Crippen molar-refractivity contribution in [3.63, 3.8) is 0 Å². The van der Waals surface area contributed by atoms with Crippen LogP contribution in [0.1, 0.15) is 19.4 Å². The molecule has 1 aromatic rings. The zero-order valence-electron chi connectivity index (χ0n) is 10.4. The highest BCUT2D eigenvalue weighted by molar-refractivity contribution is 5.73.